The molecule has 0 radical (unpaired) electrons. The molecule has 1 amide bonds. The number of hydrogen-bond acceptors (Lipinski definition) is 7. The summed E-state index contributed by atoms with van der Waals surface area (Å²) in [5.74, 6) is 1.57. The molecular formula is C24H19N5O5S. The number of thioether (sulfide) groups is 1. The molecule has 0 saturated carbocycles. The molecule has 0 aliphatic carbocycles. The van der Waals surface area contributed by atoms with E-state index in [9.17, 15) is 14.4 Å². The Morgan fingerprint density at radius 2 is 1.94 bits per heavy atom. The van der Waals surface area contributed by atoms with E-state index < -0.39 is 17.2 Å². The van der Waals surface area contributed by atoms with Crippen molar-refractivity contribution in [2.75, 3.05) is 17.9 Å². The first kappa shape index (κ1) is 21.3. The summed E-state index contributed by atoms with van der Waals surface area (Å²) in [6, 6.07) is 12.4. The Morgan fingerprint density at radius 3 is 2.77 bits per heavy atom. The molecule has 6 rings (SSSR count). The summed E-state index contributed by atoms with van der Waals surface area (Å²) in [5.41, 5.74) is 1.52. The zero-order valence-corrected chi connectivity index (χ0v) is 19.1. The molecule has 10 nitrogen and oxygen atoms in total. The fraction of sp³-hybridized carbons (Fsp3) is 0.167. The van der Waals surface area contributed by atoms with Crippen LogP contribution in [0.1, 0.15) is 15.9 Å². The van der Waals surface area contributed by atoms with Gasteiger partial charge in [-0.25, -0.2) is 9.78 Å². The zero-order valence-electron chi connectivity index (χ0n) is 18.3. The van der Waals surface area contributed by atoms with E-state index in [1.807, 2.05) is 18.3 Å². The summed E-state index contributed by atoms with van der Waals surface area (Å²) in [5, 5.41) is 3.73. The van der Waals surface area contributed by atoms with Crippen LogP contribution in [0.15, 0.2) is 69.6 Å². The van der Waals surface area contributed by atoms with Crippen LogP contribution in [0.25, 0.3) is 11.3 Å². The Bertz CT molecular complexity index is 1550. The fourth-order valence-corrected chi connectivity index (χ4v) is 4.95. The summed E-state index contributed by atoms with van der Waals surface area (Å²) in [6.45, 7) is 1.05. The van der Waals surface area contributed by atoms with Gasteiger partial charge < -0.3 is 24.3 Å². The SMILES string of the molecule is O=C(Nc1ccc(-c2cn3c(n2)SCC3)cc1)c1c[nH]c(=O)n(Cc2ccc3c(c2)OCO3)c1=O. The predicted octanol–water partition coefficient (Wildman–Crippen LogP) is 2.54. The van der Waals surface area contributed by atoms with Gasteiger partial charge in [0.2, 0.25) is 6.79 Å². The number of fused-ring (bicyclic) bond motifs is 2. The number of anilines is 1. The number of aryl methyl sites for hydroxylation is 1. The molecule has 4 aromatic rings. The number of hydrogen-bond donors (Lipinski definition) is 2. The van der Waals surface area contributed by atoms with Gasteiger partial charge in [-0.3, -0.25) is 14.2 Å². The quantitative estimate of drug-likeness (QED) is 0.442. The van der Waals surface area contributed by atoms with Crippen molar-refractivity contribution in [2.45, 2.75) is 18.2 Å². The average Bonchev–Trinajstić information content (AvgIpc) is 3.58. The highest BCUT2D eigenvalue weighted by molar-refractivity contribution is 7.99. The lowest BCUT2D eigenvalue weighted by Crippen LogP contribution is -2.39. The van der Waals surface area contributed by atoms with Crippen LogP contribution in [-0.4, -0.2) is 37.6 Å². The van der Waals surface area contributed by atoms with Crippen molar-refractivity contribution in [2.24, 2.45) is 0 Å². The predicted molar refractivity (Wildman–Crippen MR) is 129 cm³/mol. The lowest BCUT2D eigenvalue weighted by Gasteiger charge is -2.09. The number of nitrogens with zero attached hydrogens (tertiary/aromatic N) is 3. The third kappa shape index (κ3) is 3.99. The highest BCUT2D eigenvalue weighted by Gasteiger charge is 2.18. The highest BCUT2D eigenvalue weighted by atomic mass is 32.2. The molecule has 11 heteroatoms. The van der Waals surface area contributed by atoms with Gasteiger partial charge in [-0.15, -0.1) is 0 Å². The summed E-state index contributed by atoms with van der Waals surface area (Å²) >= 11 is 1.73. The van der Waals surface area contributed by atoms with Gasteiger partial charge in [0.1, 0.15) is 5.56 Å². The Hall–Kier alpha value is -4.25. The first-order chi connectivity index (χ1) is 17.0. The fourth-order valence-electron chi connectivity index (χ4n) is 4.01. The first-order valence-electron chi connectivity index (χ1n) is 10.9. The van der Waals surface area contributed by atoms with Crippen LogP contribution in [0.3, 0.4) is 0 Å². The van der Waals surface area contributed by atoms with E-state index in [1.54, 1.807) is 42.1 Å². The Labute approximate surface area is 202 Å². The van der Waals surface area contributed by atoms with Crippen molar-refractivity contribution in [3.8, 4) is 22.8 Å². The van der Waals surface area contributed by atoms with Gasteiger partial charge in [0, 0.05) is 35.9 Å². The lowest BCUT2D eigenvalue weighted by atomic mass is 10.1. The molecule has 0 atom stereocenters. The van der Waals surface area contributed by atoms with Crippen molar-refractivity contribution in [3.63, 3.8) is 0 Å². The van der Waals surface area contributed by atoms with Crippen LogP contribution in [0.2, 0.25) is 0 Å². The van der Waals surface area contributed by atoms with E-state index in [4.69, 9.17) is 9.47 Å². The van der Waals surface area contributed by atoms with Gasteiger partial charge >= 0.3 is 5.69 Å². The molecule has 2 aromatic heterocycles. The molecule has 176 valence electrons. The molecule has 0 fully saturated rings. The number of ether oxygens (including phenoxy) is 2. The second kappa shape index (κ2) is 8.51. The van der Waals surface area contributed by atoms with Crippen LogP contribution >= 0.6 is 11.8 Å². The molecule has 2 aliphatic rings. The largest absolute Gasteiger partial charge is 0.454 e. The van der Waals surface area contributed by atoms with E-state index in [0.29, 0.717) is 22.7 Å². The number of amides is 1. The van der Waals surface area contributed by atoms with Crippen LogP contribution in [0.4, 0.5) is 5.69 Å². The molecule has 0 spiro atoms. The van der Waals surface area contributed by atoms with Crippen LogP contribution in [0.5, 0.6) is 11.5 Å². The van der Waals surface area contributed by atoms with Crippen molar-refractivity contribution in [3.05, 3.63) is 86.8 Å². The summed E-state index contributed by atoms with van der Waals surface area (Å²) in [6.07, 6.45) is 3.15. The lowest BCUT2D eigenvalue weighted by molar-refractivity contribution is 0.102. The van der Waals surface area contributed by atoms with Crippen LogP contribution in [-0.2, 0) is 13.1 Å². The standard InChI is InChI=1S/C24H19N5O5S/c30-21(26-16-4-2-15(3-5-16)18-12-28-7-8-35-24(28)27-18)17-10-25-23(32)29(22(17)31)11-14-1-6-19-20(9-14)34-13-33-19/h1-6,9-10,12H,7-8,11,13H2,(H,25,32)(H,26,30). The molecule has 4 heterocycles. The topological polar surface area (TPSA) is 120 Å². The maximum Gasteiger partial charge on any atom is 0.328 e. The van der Waals surface area contributed by atoms with Crippen molar-refractivity contribution in [1.82, 2.24) is 19.1 Å². The summed E-state index contributed by atoms with van der Waals surface area (Å²) in [4.78, 5) is 45.3. The minimum Gasteiger partial charge on any atom is -0.454 e. The zero-order chi connectivity index (χ0) is 23.9. The minimum atomic E-state index is -0.689. The smallest absolute Gasteiger partial charge is 0.328 e. The second-order valence-electron chi connectivity index (χ2n) is 8.07. The number of carbonyl (C=O) groups is 1. The van der Waals surface area contributed by atoms with Gasteiger partial charge in [-0.05, 0) is 29.8 Å². The number of nitrogens with one attached hydrogen (secondary N) is 2. The van der Waals surface area contributed by atoms with E-state index in [0.717, 1.165) is 39.5 Å². The number of aromatic amines is 1. The van der Waals surface area contributed by atoms with Gasteiger partial charge in [0.15, 0.2) is 16.7 Å². The number of aromatic nitrogens is 4. The van der Waals surface area contributed by atoms with Crippen molar-refractivity contribution in [1.29, 1.82) is 0 Å². The molecule has 2 aliphatic heterocycles. The molecule has 2 aromatic carbocycles. The van der Waals surface area contributed by atoms with Crippen LogP contribution in [0, 0.1) is 0 Å². The number of imidazole rings is 1. The average molecular weight is 490 g/mol. The minimum absolute atomic E-state index is 0.0203. The van der Waals surface area contributed by atoms with Gasteiger partial charge in [-0.2, -0.15) is 0 Å². The Balaban J connectivity index is 1.21. The third-order valence-electron chi connectivity index (χ3n) is 5.82. The number of H-pyrrole nitrogens is 1. The van der Waals surface area contributed by atoms with Crippen molar-refractivity contribution < 1.29 is 14.3 Å². The Kier molecular flexibility index (Phi) is 5.18. The monoisotopic (exact) mass is 489 g/mol. The van der Waals surface area contributed by atoms with Gasteiger partial charge in [0.05, 0.1) is 12.2 Å². The molecular weight excluding hydrogens is 470 g/mol. The van der Waals surface area contributed by atoms with E-state index in [2.05, 4.69) is 19.9 Å². The Morgan fingerprint density at radius 1 is 1.11 bits per heavy atom. The van der Waals surface area contributed by atoms with Crippen LogP contribution < -0.4 is 26.0 Å². The van der Waals surface area contributed by atoms with E-state index in [-0.39, 0.29) is 18.9 Å². The maximum absolute atomic E-state index is 13.0. The molecule has 0 saturated heterocycles. The van der Waals surface area contributed by atoms with Gasteiger partial charge in [-0.1, -0.05) is 30.0 Å². The highest BCUT2D eigenvalue weighted by Crippen LogP contribution is 2.32. The number of rotatable bonds is 5. The number of carbonyl (C=O) groups excluding carboxylic acids is 1. The normalized spacial score (nSPS) is 13.6. The third-order valence-corrected chi connectivity index (χ3v) is 6.80. The van der Waals surface area contributed by atoms with Gasteiger partial charge in [0.25, 0.3) is 11.5 Å². The second-order valence-corrected chi connectivity index (χ2v) is 9.13. The molecule has 0 bridgehead atoms. The summed E-state index contributed by atoms with van der Waals surface area (Å²) < 4.78 is 13.7. The first-order valence-corrected chi connectivity index (χ1v) is 11.9. The number of benzene rings is 2. The maximum atomic E-state index is 13.0. The molecule has 35 heavy (non-hydrogen) atoms. The molecule has 2 N–H and O–H groups in total. The van der Waals surface area contributed by atoms with E-state index >= 15 is 0 Å². The molecule has 0 unspecified atom stereocenters. The van der Waals surface area contributed by atoms with E-state index in [1.165, 1.54) is 0 Å². The summed E-state index contributed by atoms with van der Waals surface area (Å²) in [7, 11) is 0. The van der Waals surface area contributed by atoms with Crippen molar-refractivity contribution >= 4 is 23.4 Å².